The summed E-state index contributed by atoms with van der Waals surface area (Å²) in [5.41, 5.74) is 3.52. The molecule has 1 aromatic carbocycles. The lowest BCUT2D eigenvalue weighted by molar-refractivity contribution is -0.00826. The second-order valence-electron chi connectivity index (χ2n) is 6.72. The van der Waals surface area contributed by atoms with Gasteiger partial charge in [0.05, 0.1) is 24.6 Å². The van der Waals surface area contributed by atoms with Crippen LogP contribution in [-0.2, 0) is 17.7 Å². The number of aromatic nitrogens is 2. The highest BCUT2D eigenvalue weighted by Gasteiger charge is 2.24. The molecule has 0 aliphatic carbocycles. The van der Waals surface area contributed by atoms with Crippen molar-refractivity contribution in [2.75, 3.05) is 26.8 Å². The first-order chi connectivity index (χ1) is 11.8. The quantitative estimate of drug-likeness (QED) is 0.938. The van der Waals surface area contributed by atoms with Gasteiger partial charge in [0.25, 0.3) is 0 Å². The van der Waals surface area contributed by atoms with Crippen LogP contribution >= 0.6 is 0 Å². The third-order valence-electron chi connectivity index (χ3n) is 4.99. The molecule has 0 radical (unpaired) electrons. The normalized spacial score (nSPS) is 21.5. The van der Waals surface area contributed by atoms with E-state index in [-0.39, 0.29) is 0 Å². The molecule has 1 aromatic heterocycles. The van der Waals surface area contributed by atoms with E-state index < -0.39 is 0 Å². The van der Waals surface area contributed by atoms with Crippen LogP contribution in [0.1, 0.15) is 30.7 Å². The minimum atomic E-state index is 0.404. The lowest BCUT2D eigenvalue weighted by Crippen LogP contribution is -2.38. The van der Waals surface area contributed by atoms with E-state index in [9.17, 15) is 0 Å². The summed E-state index contributed by atoms with van der Waals surface area (Å²) in [4.78, 5) is 10.8. The molecular weight excluding hydrogens is 302 g/mol. The zero-order valence-corrected chi connectivity index (χ0v) is 14.3. The molecule has 1 unspecified atom stereocenters. The smallest absolute Gasteiger partial charge is 0.137 e. The summed E-state index contributed by atoms with van der Waals surface area (Å²) in [6, 6.07) is 8.05. The summed E-state index contributed by atoms with van der Waals surface area (Å²) in [5.74, 6) is 1.80. The van der Waals surface area contributed by atoms with Crippen LogP contribution in [0.4, 0.5) is 0 Å². The Hall–Kier alpha value is -1.85. The van der Waals surface area contributed by atoms with E-state index in [1.165, 1.54) is 30.7 Å². The van der Waals surface area contributed by atoms with Crippen molar-refractivity contribution in [3.63, 3.8) is 0 Å². The molecular formula is C19H25N3O2. The number of ether oxygens (including phenoxy) is 2. The van der Waals surface area contributed by atoms with Crippen molar-refractivity contribution in [1.29, 1.82) is 0 Å². The van der Waals surface area contributed by atoms with Crippen molar-refractivity contribution >= 4 is 0 Å². The Balaban J connectivity index is 1.47. The SMILES string of the molecule is COc1cccc(-c2nc3c([nH]2)CN(CC2CCCCO2)CC3)c1. The number of fused-ring (bicyclic) bond motifs is 1. The fourth-order valence-corrected chi connectivity index (χ4v) is 3.65. The number of nitrogens with one attached hydrogen (secondary N) is 1. The zero-order valence-electron chi connectivity index (χ0n) is 14.3. The summed E-state index contributed by atoms with van der Waals surface area (Å²) in [5, 5.41) is 0. The van der Waals surface area contributed by atoms with E-state index in [0.29, 0.717) is 6.10 Å². The molecule has 5 heteroatoms. The highest BCUT2D eigenvalue weighted by atomic mass is 16.5. The van der Waals surface area contributed by atoms with Crippen LogP contribution in [-0.4, -0.2) is 47.8 Å². The summed E-state index contributed by atoms with van der Waals surface area (Å²) in [6.45, 7) is 3.96. The molecule has 0 saturated carbocycles. The minimum Gasteiger partial charge on any atom is -0.497 e. The number of rotatable bonds is 4. The van der Waals surface area contributed by atoms with Gasteiger partial charge >= 0.3 is 0 Å². The Labute approximate surface area is 143 Å². The molecule has 2 aliphatic heterocycles. The zero-order chi connectivity index (χ0) is 16.4. The largest absolute Gasteiger partial charge is 0.497 e. The molecule has 128 valence electrons. The predicted molar refractivity (Wildman–Crippen MR) is 93.1 cm³/mol. The topological polar surface area (TPSA) is 50.4 Å². The molecule has 5 nitrogen and oxygen atoms in total. The number of aromatic amines is 1. The number of benzene rings is 1. The van der Waals surface area contributed by atoms with Crippen molar-refractivity contribution in [2.45, 2.75) is 38.3 Å². The molecule has 0 amide bonds. The molecule has 24 heavy (non-hydrogen) atoms. The lowest BCUT2D eigenvalue weighted by atomic mass is 10.1. The Morgan fingerprint density at radius 3 is 3.17 bits per heavy atom. The molecule has 1 saturated heterocycles. The van der Waals surface area contributed by atoms with Crippen molar-refractivity contribution in [2.24, 2.45) is 0 Å². The summed E-state index contributed by atoms with van der Waals surface area (Å²) in [6.07, 6.45) is 5.11. The first-order valence-electron chi connectivity index (χ1n) is 8.88. The lowest BCUT2D eigenvalue weighted by Gasteiger charge is -2.31. The molecule has 2 aliphatic rings. The standard InChI is InChI=1S/C19H25N3O2/c1-23-15-7-4-5-14(11-15)19-20-17-8-9-22(13-18(17)21-19)12-16-6-2-3-10-24-16/h4-5,7,11,16H,2-3,6,8-10,12-13H2,1H3,(H,20,21). The van der Waals surface area contributed by atoms with E-state index >= 15 is 0 Å². The Bertz CT molecular complexity index is 692. The van der Waals surface area contributed by atoms with Crippen molar-refractivity contribution in [1.82, 2.24) is 14.9 Å². The van der Waals surface area contributed by atoms with Crippen LogP contribution in [0.3, 0.4) is 0 Å². The molecule has 3 heterocycles. The van der Waals surface area contributed by atoms with Gasteiger partial charge in [0.1, 0.15) is 11.6 Å². The highest BCUT2D eigenvalue weighted by Crippen LogP contribution is 2.26. The number of nitrogens with zero attached hydrogens (tertiary/aromatic N) is 2. The Morgan fingerprint density at radius 2 is 2.33 bits per heavy atom. The van der Waals surface area contributed by atoms with Crippen LogP contribution in [0, 0.1) is 0 Å². The van der Waals surface area contributed by atoms with E-state index in [0.717, 1.165) is 49.8 Å². The molecule has 1 N–H and O–H groups in total. The second kappa shape index (κ2) is 6.95. The van der Waals surface area contributed by atoms with Crippen LogP contribution in [0.25, 0.3) is 11.4 Å². The van der Waals surface area contributed by atoms with Gasteiger partial charge < -0.3 is 14.5 Å². The molecule has 0 spiro atoms. The third kappa shape index (κ3) is 3.32. The minimum absolute atomic E-state index is 0.404. The maximum atomic E-state index is 5.89. The van der Waals surface area contributed by atoms with Gasteiger partial charge in [0.15, 0.2) is 0 Å². The fourth-order valence-electron chi connectivity index (χ4n) is 3.65. The number of H-pyrrole nitrogens is 1. The second-order valence-corrected chi connectivity index (χ2v) is 6.72. The monoisotopic (exact) mass is 327 g/mol. The number of methoxy groups -OCH3 is 1. The summed E-state index contributed by atoms with van der Waals surface area (Å²) in [7, 11) is 1.69. The van der Waals surface area contributed by atoms with Gasteiger partial charge in [0, 0.05) is 38.2 Å². The molecule has 4 rings (SSSR count). The average molecular weight is 327 g/mol. The van der Waals surface area contributed by atoms with E-state index in [1.807, 2.05) is 18.2 Å². The predicted octanol–water partition coefficient (Wildman–Crippen LogP) is 3.01. The maximum Gasteiger partial charge on any atom is 0.137 e. The van der Waals surface area contributed by atoms with E-state index in [2.05, 4.69) is 16.0 Å². The molecule has 1 fully saturated rings. The van der Waals surface area contributed by atoms with Crippen LogP contribution < -0.4 is 4.74 Å². The van der Waals surface area contributed by atoms with Gasteiger partial charge in [-0.25, -0.2) is 4.98 Å². The number of imidazole rings is 1. The van der Waals surface area contributed by atoms with Gasteiger partial charge in [0.2, 0.25) is 0 Å². The molecule has 2 aromatic rings. The van der Waals surface area contributed by atoms with E-state index in [1.54, 1.807) is 7.11 Å². The van der Waals surface area contributed by atoms with Crippen molar-refractivity contribution in [3.8, 4) is 17.1 Å². The molecule has 0 bridgehead atoms. The molecule has 1 atom stereocenters. The Kier molecular flexibility index (Phi) is 4.54. The average Bonchev–Trinajstić information content (AvgIpc) is 3.06. The van der Waals surface area contributed by atoms with Crippen molar-refractivity contribution < 1.29 is 9.47 Å². The maximum absolute atomic E-state index is 5.89. The van der Waals surface area contributed by atoms with Crippen LogP contribution in [0.5, 0.6) is 5.75 Å². The highest BCUT2D eigenvalue weighted by molar-refractivity contribution is 5.58. The summed E-state index contributed by atoms with van der Waals surface area (Å²) >= 11 is 0. The first kappa shape index (κ1) is 15.7. The van der Waals surface area contributed by atoms with E-state index in [4.69, 9.17) is 14.5 Å². The van der Waals surface area contributed by atoms with Gasteiger partial charge in [-0.05, 0) is 31.4 Å². The Morgan fingerprint density at radius 1 is 1.38 bits per heavy atom. The fraction of sp³-hybridized carbons (Fsp3) is 0.526. The van der Waals surface area contributed by atoms with Crippen LogP contribution in [0.15, 0.2) is 24.3 Å². The first-order valence-corrected chi connectivity index (χ1v) is 8.88. The van der Waals surface area contributed by atoms with Crippen LogP contribution in [0.2, 0.25) is 0 Å². The van der Waals surface area contributed by atoms with Gasteiger partial charge in [-0.2, -0.15) is 0 Å². The van der Waals surface area contributed by atoms with Gasteiger partial charge in [-0.1, -0.05) is 12.1 Å². The third-order valence-corrected chi connectivity index (χ3v) is 4.99. The van der Waals surface area contributed by atoms with Crippen molar-refractivity contribution in [3.05, 3.63) is 35.7 Å². The summed E-state index contributed by atoms with van der Waals surface area (Å²) < 4.78 is 11.2. The number of hydrogen-bond acceptors (Lipinski definition) is 4. The van der Waals surface area contributed by atoms with Gasteiger partial charge in [-0.15, -0.1) is 0 Å². The number of hydrogen-bond donors (Lipinski definition) is 1. The van der Waals surface area contributed by atoms with Gasteiger partial charge in [-0.3, -0.25) is 4.90 Å².